The number of rotatable bonds is 8. The quantitative estimate of drug-likeness (QED) is 0.305. The van der Waals surface area contributed by atoms with Gasteiger partial charge in [0.25, 0.3) is 0 Å². The molecule has 0 aromatic rings. The minimum atomic E-state index is -4.23. The Morgan fingerprint density at radius 3 is 2.19 bits per heavy atom. The van der Waals surface area contributed by atoms with E-state index in [1.54, 1.807) is 25.7 Å². The molecule has 2 N–H and O–H groups in total. The van der Waals surface area contributed by atoms with Crippen LogP contribution in [0.4, 0.5) is 18.0 Å². The number of ether oxygens (including phenoxy) is 1. The lowest BCUT2D eigenvalue weighted by molar-refractivity contribution is -0.132. The molecule has 156 valence electrons. The van der Waals surface area contributed by atoms with E-state index in [-0.39, 0.29) is 30.5 Å². The van der Waals surface area contributed by atoms with E-state index < -0.39 is 24.3 Å². The number of amides is 1. The summed E-state index contributed by atoms with van der Waals surface area (Å²) < 4.78 is 41.9. The van der Waals surface area contributed by atoms with Crippen LogP contribution in [0.1, 0.15) is 47.5 Å². The molecule has 0 aliphatic carbocycles. The maximum absolute atomic E-state index is 12.2. The zero-order valence-corrected chi connectivity index (χ0v) is 18.5. The van der Waals surface area contributed by atoms with E-state index >= 15 is 0 Å². The van der Waals surface area contributed by atoms with Gasteiger partial charge in [-0.25, -0.2) is 4.79 Å². The van der Waals surface area contributed by atoms with E-state index in [9.17, 15) is 18.0 Å². The number of halogens is 4. The van der Waals surface area contributed by atoms with Crippen molar-refractivity contribution in [3.8, 4) is 0 Å². The van der Waals surface area contributed by atoms with Gasteiger partial charge < -0.3 is 20.3 Å². The van der Waals surface area contributed by atoms with Gasteiger partial charge in [-0.15, -0.1) is 24.0 Å². The minimum Gasteiger partial charge on any atom is -0.444 e. The second kappa shape index (κ2) is 13.3. The highest BCUT2D eigenvalue weighted by molar-refractivity contribution is 14.0. The Morgan fingerprint density at radius 2 is 1.73 bits per heavy atom. The fraction of sp³-hybridized carbons (Fsp3) is 0.875. The van der Waals surface area contributed by atoms with Crippen molar-refractivity contribution in [2.75, 3.05) is 32.7 Å². The molecule has 0 spiro atoms. The molecule has 0 rings (SSSR count). The van der Waals surface area contributed by atoms with Crippen LogP contribution in [0.2, 0.25) is 0 Å². The highest BCUT2D eigenvalue weighted by atomic mass is 127. The molecule has 0 atom stereocenters. The summed E-state index contributed by atoms with van der Waals surface area (Å²) in [6, 6.07) is 0. The number of guanidine groups is 1. The van der Waals surface area contributed by atoms with Crippen LogP contribution in [0.15, 0.2) is 4.99 Å². The lowest BCUT2D eigenvalue weighted by Crippen LogP contribution is -2.44. The summed E-state index contributed by atoms with van der Waals surface area (Å²) in [4.78, 5) is 17.6. The summed E-state index contributed by atoms with van der Waals surface area (Å²) in [5.74, 6) is 0.299. The number of hydrogen-bond acceptors (Lipinski definition) is 3. The zero-order chi connectivity index (χ0) is 19.5. The third-order valence-corrected chi connectivity index (χ3v) is 2.83. The standard InChI is InChI=1S/C16H31F3N4O2.HI/c1-6-11-23(14(24)25-15(3,4)5)12-10-22-13(20-7-2)21-9-8-16(17,18)19;/h6-12H2,1-5H3,(H2,20,21,22);1H. The second-order valence-corrected chi connectivity index (χ2v) is 6.52. The monoisotopic (exact) mass is 496 g/mol. The molecule has 0 fully saturated rings. The number of nitrogens with zero attached hydrogens (tertiary/aromatic N) is 2. The van der Waals surface area contributed by atoms with Crippen LogP contribution in [-0.2, 0) is 4.74 Å². The van der Waals surface area contributed by atoms with Crippen molar-refractivity contribution < 1.29 is 22.7 Å². The molecule has 0 aromatic carbocycles. The Balaban J connectivity index is 0. The molecule has 0 aliphatic rings. The Bertz CT molecular complexity index is 427. The van der Waals surface area contributed by atoms with Gasteiger partial charge >= 0.3 is 12.3 Å². The van der Waals surface area contributed by atoms with Crippen molar-refractivity contribution in [1.82, 2.24) is 15.5 Å². The number of nitrogens with one attached hydrogen (secondary N) is 2. The minimum absolute atomic E-state index is 0. The van der Waals surface area contributed by atoms with Crippen molar-refractivity contribution in [3.05, 3.63) is 0 Å². The molecule has 0 saturated heterocycles. The van der Waals surface area contributed by atoms with Crippen LogP contribution in [0.5, 0.6) is 0 Å². The average Bonchev–Trinajstić information content (AvgIpc) is 2.43. The Labute approximate surface area is 171 Å². The molecule has 10 heteroatoms. The summed E-state index contributed by atoms with van der Waals surface area (Å²) in [6.45, 7) is 10.6. The molecule has 6 nitrogen and oxygen atoms in total. The first kappa shape index (κ1) is 27.3. The predicted octanol–water partition coefficient (Wildman–Crippen LogP) is 3.76. The first-order chi connectivity index (χ1) is 11.5. The van der Waals surface area contributed by atoms with Crippen molar-refractivity contribution in [2.24, 2.45) is 4.99 Å². The summed E-state index contributed by atoms with van der Waals surface area (Å²) in [5, 5.41) is 5.81. The van der Waals surface area contributed by atoms with E-state index in [0.717, 1.165) is 6.42 Å². The van der Waals surface area contributed by atoms with Gasteiger partial charge in [0.2, 0.25) is 0 Å². The predicted molar refractivity (Wildman–Crippen MR) is 108 cm³/mol. The average molecular weight is 496 g/mol. The van der Waals surface area contributed by atoms with Crippen LogP contribution in [0.3, 0.4) is 0 Å². The van der Waals surface area contributed by atoms with Crippen LogP contribution in [-0.4, -0.2) is 61.5 Å². The normalized spacial score (nSPS) is 12.2. The second-order valence-electron chi connectivity index (χ2n) is 6.52. The number of carbonyl (C=O) groups is 1. The van der Waals surface area contributed by atoms with Crippen LogP contribution in [0, 0.1) is 0 Å². The molecule has 0 unspecified atom stereocenters. The molecule has 0 radical (unpaired) electrons. The summed E-state index contributed by atoms with van der Waals surface area (Å²) >= 11 is 0. The van der Waals surface area contributed by atoms with Gasteiger partial charge in [-0.3, -0.25) is 4.99 Å². The van der Waals surface area contributed by atoms with E-state index in [1.165, 1.54) is 0 Å². The molecule has 0 bridgehead atoms. The Kier molecular flexibility index (Phi) is 13.9. The third-order valence-electron chi connectivity index (χ3n) is 2.83. The van der Waals surface area contributed by atoms with Gasteiger partial charge in [0.05, 0.1) is 13.0 Å². The van der Waals surface area contributed by atoms with Crippen LogP contribution < -0.4 is 10.6 Å². The maximum Gasteiger partial charge on any atom is 0.410 e. The lowest BCUT2D eigenvalue weighted by atomic mass is 10.2. The van der Waals surface area contributed by atoms with Gasteiger partial charge in [-0.05, 0) is 34.1 Å². The molecule has 0 aliphatic heterocycles. The van der Waals surface area contributed by atoms with Crippen molar-refractivity contribution in [2.45, 2.75) is 59.2 Å². The Morgan fingerprint density at radius 1 is 1.12 bits per heavy atom. The smallest absolute Gasteiger partial charge is 0.410 e. The number of alkyl halides is 3. The largest absolute Gasteiger partial charge is 0.444 e. The zero-order valence-electron chi connectivity index (χ0n) is 16.2. The molecule has 0 aromatic heterocycles. The third kappa shape index (κ3) is 15.3. The topological polar surface area (TPSA) is 66.0 Å². The number of hydrogen-bond donors (Lipinski definition) is 2. The van der Waals surface area contributed by atoms with Gasteiger partial charge in [-0.2, -0.15) is 13.2 Å². The van der Waals surface area contributed by atoms with Crippen molar-refractivity contribution in [1.29, 1.82) is 0 Å². The van der Waals surface area contributed by atoms with E-state index in [0.29, 0.717) is 32.1 Å². The molecule has 1 amide bonds. The van der Waals surface area contributed by atoms with Gasteiger partial charge in [0.1, 0.15) is 5.60 Å². The summed E-state index contributed by atoms with van der Waals surface area (Å²) in [5.41, 5.74) is -0.579. The van der Waals surface area contributed by atoms with Crippen LogP contribution in [0.25, 0.3) is 0 Å². The molecule has 0 saturated carbocycles. The van der Waals surface area contributed by atoms with Gasteiger partial charge in [0, 0.05) is 26.2 Å². The maximum atomic E-state index is 12.2. The number of carbonyl (C=O) groups excluding carboxylic acids is 1. The Hall–Kier alpha value is -0.940. The van der Waals surface area contributed by atoms with Crippen molar-refractivity contribution in [3.63, 3.8) is 0 Å². The molecule has 26 heavy (non-hydrogen) atoms. The fourth-order valence-electron chi connectivity index (χ4n) is 1.84. The lowest BCUT2D eigenvalue weighted by Gasteiger charge is -2.27. The fourth-order valence-corrected chi connectivity index (χ4v) is 1.84. The van der Waals surface area contributed by atoms with Gasteiger partial charge in [-0.1, -0.05) is 6.92 Å². The van der Waals surface area contributed by atoms with E-state index in [1.807, 2.05) is 13.8 Å². The first-order valence-corrected chi connectivity index (χ1v) is 8.55. The summed E-state index contributed by atoms with van der Waals surface area (Å²) in [6.07, 6.45) is -4.83. The summed E-state index contributed by atoms with van der Waals surface area (Å²) in [7, 11) is 0. The van der Waals surface area contributed by atoms with E-state index in [2.05, 4.69) is 15.6 Å². The van der Waals surface area contributed by atoms with Crippen LogP contribution >= 0.6 is 24.0 Å². The number of aliphatic imine (C=N–C) groups is 1. The molecule has 0 heterocycles. The SMILES string of the molecule is CCCN(CCNC(=NCCC(F)(F)F)NCC)C(=O)OC(C)(C)C.I. The molecular weight excluding hydrogens is 464 g/mol. The first-order valence-electron chi connectivity index (χ1n) is 8.55. The van der Waals surface area contributed by atoms with Crippen molar-refractivity contribution >= 4 is 36.0 Å². The van der Waals surface area contributed by atoms with E-state index in [4.69, 9.17) is 4.74 Å². The molecular formula is C16H32F3IN4O2. The van der Waals surface area contributed by atoms with Gasteiger partial charge in [0.15, 0.2) is 5.96 Å². The highest BCUT2D eigenvalue weighted by Gasteiger charge is 2.26. The highest BCUT2D eigenvalue weighted by Crippen LogP contribution is 2.18.